The number of nitrogens with zero attached hydrogens (tertiary/aromatic N) is 1. The van der Waals surface area contributed by atoms with Crippen molar-refractivity contribution in [3.8, 4) is 0 Å². The van der Waals surface area contributed by atoms with Gasteiger partial charge in [0.25, 0.3) is 0 Å². The van der Waals surface area contributed by atoms with Gasteiger partial charge >= 0.3 is 11.9 Å². The zero-order valence-electron chi connectivity index (χ0n) is 14.1. The summed E-state index contributed by atoms with van der Waals surface area (Å²) in [4.78, 5) is 25.2. The molecule has 5 heteroatoms. The van der Waals surface area contributed by atoms with E-state index in [2.05, 4.69) is 0 Å². The molecule has 0 aliphatic carbocycles. The van der Waals surface area contributed by atoms with Gasteiger partial charge in [-0.2, -0.15) is 0 Å². The smallest absolute Gasteiger partial charge is 0.330 e. The van der Waals surface area contributed by atoms with Crippen LogP contribution in [0.4, 0.5) is 0 Å². The van der Waals surface area contributed by atoms with Crippen molar-refractivity contribution in [2.24, 2.45) is 0 Å². The standard InChI is InChI=1S/C18H25NO4/c1-4-22-17(20)11-15(3)12-19(14-18(21)23-5-2)13-16-9-7-6-8-10-16/h6-11H,4-5,12-14H2,1-3H3. The van der Waals surface area contributed by atoms with Gasteiger partial charge in [0.1, 0.15) is 0 Å². The summed E-state index contributed by atoms with van der Waals surface area (Å²) < 4.78 is 9.93. The Morgan fingerprint density at radius 1 is 1.04 bits per heavy atom. The fraction of sp³-hybridized carbons (Fsp3) is 0.444. The maximum absolute atomic E-state index is 11.8. The fourth-order valence-electron chi connectivity index (χ4n) is 2.18. The summed E-state index contributed by atoms with van der Waals surface area (Å²) >= 11 is 0. The second kappa shape index (κ2) is 10.6. The summed E-state index contributed by atoms with van der Waals surface area (Å²) in [6, 6.07) is 9.87. The summed E-state index contributed by atoms with van der Waals surface area (Å²) in [5.41, 5.74) is 1.93. The van der Waals surface area contributed by atoms with Crippen LogP contribution < -0.4 is 0 Å². The van der Waals surface area contributed by atoms with Crippen molar-refractivity contribution in [1.29, 1.82) is 0 Å². The first-order chi connectivity index (χ1) is 11.0. The lowest BCUT2D eigenvalue weighted by molar-refractivity contribution is -0.144. The lowest BCUT2D eigenvalue weighted by Gasteiger charge is -2.21. The van der Waals surface area contributed by atoms with Gasteiger partial charge in [-0.05, 0) is 26.3 Å². The van der Waals surface area contributed by atoms with Crippen molar-refractivity contribution in [2.75, 3.05) is 26.3 Å². The molecule has 126 valence electrons. The van der Waals surface area contributed by atoms with Crippen molar-refractivity contribution in [3.05, 3.63) is 47.5 Å². The highest BCUT2D eigenvalue weighted by molar-refractivity contribution is 5.82. The third kappa shape index (κ3) is 8.16. The molecule has 0 aliphatic heterocycles. The predicted octanol–water partition coefficient (Wildman–Crippen LogP) is 2.56. The molecule has 1 aromatic rings. The summed E-state index contributed by atoms with van der Waals surface area (Å²) in [5, 5.41) is 0. The van der Waals surface area contributed by atoms with Gasteiger partial charge in [0.2, 0.25) is 0 Å². The third-order valence-electron chi connectivity index (χ3n) is 3.03. The van der Waals surface area contributed by atoms with Crippen molar-refractivity contribution < 1.29 is 19.1 Å². The van der Waals surface area contributed by atoms with E-state index in [0.717, 1.165) is 11.1 Å². The van der Waals surface area contributed by atoms with E-state index in [0.29, 0.717) is 26.3 Å². The van der Waals surface area contributed by atoms with Crippen LogP contribution in [-0.4, -0.2) is 43.1 Å². The van der Waals surface area contributed by atoms with Gasteiger partial charge in [0.15, 0.2) is 0 Å². The van der Waals surface area contributed by atoms with Crippen molar-refractivity contribution in [3.63, 3.8) is 0 Å². The Morgan fingerprint density at radius 2 is 1.70 bits per heavy atom. The summed E-state index contributed by atoms with van der Waals surface area (Å²) in [6.07, 6.45) is 1.46. The monoisotopic (exact) mass is 319 g/mol. The van der Waals surface area contributed by atoms with Crippen LogP contribution in [-0.2, 0) is 25.6 Å². The van der Waals surface area contributed by atoms with Gasteiger partial charge < -0.3 is 9.47 Å². The number of carbonyl (C=O) groups excluding carboxylic acids is 2. The van der Waals surface area contributed by atoms with Gasteiger partial charge in [-0.3, -0.25) is 9.69 Å². The molecule has 0 atom stereocenters. The van der Waals surface area contributed by atoms with Crippen LogP contribution in [0, 0.1) is 0 Å². The van der Waals surface area contributed by atoms with Crippen LogP contribution in [0.3, 0.4) is 0 Å². The highest BCUT2D eigenvalue weighted by atomic mass is 16.5. The van der Waals surface area contributed by atoms with E-state index in [1.807, 2.05) is 42.2 Å². The Bertz CT molecular complexity index is 525. The van der Waals surface area contributed by atoms with Crippen molar-refractivity contribution in [2.45, 2.75) is 27.3 Å². The minimum absolute atomic E-state index is 0.177. The van der Waals surface area contributed by atoms with E-state index in [1.165, 1.54) is 6.08 Å². The highest BCUT2D eigenvalue weighted by Gasteiger charge is 2.13. The Morgan fingerprint density at radius 3 is 2.30 bits per heavy atom. The van der Waals surface area contributed by atoms with Gasteiger partial charge in [-0.1, -0.05) is 35.9 Å². The predicted molar refractivity (Wildman–Crippen MR) is 88.7 cm³/mol. The van der Waals surface area contributed by atoms with E-state index in [-0.39, 0.29) is 18.5 Å². The average molecular weight is 319 g/mol. The first kappa shape index (κ1) is 18.9. The van der Waals surface area contributed by atoms with E-state index in [4.69, 9.17) is 9.47 Å². The molecule has 0 bridgehead atoms. The number of carbonyl (C=O) groups is 2. The van der Waals surface area contributed by atoms with Crippen LogP contribution >= 0.6 is 0 Å². The number of benzene rings is 1. The van der Waals surface area contributed by atoms with Crippen molar-refractivity contribution in [1.82, 2.24) is 4.90 Å². The maximum atomic E-state index is 11.8. The number of hydrogen-bond acceptors (Lipinski definition) is 5. The second-order valence-electron chi connectivity index (χ2n) is 5.18. The van der Waals surface area contributed by atoms with Crippen LogP contribution in [0.25, 0.3) is 0 Å². The lowest BCUT2D eigenvalue weighted by atomic mass is 10.2. The number of rotatable bonds is 9. The quantitative estimate of drug-likeness (QED) is 0.517. The zero-order chi connectivity index (χ0) is 17.1. The molecule has 0 spiro atoms. The minimum atomic E-state index is -0.360. The molecule has 0 unspecified atom stereocenters. The topological polar surface area (TPSA) is 55.8 Å². The number of hydrogen-bond donors (Lipinski definition) is 0. The molecule has 0 saturated carbocycles. The molecule has 0 fully saturated rings. The average Bonchev–Trinajstić information content (AvgIpc) is 2.48. The first-order valence-electron chi connectivity index (χ1n) is 7.81. The van der Waals surface area contributed by atoms with E-state index < -0.39 is 0 Å². The SMILES string of the molecule is CCOC(=O)C=C(C)CN(CC(=O)OCC)Cc1ccccc1. The molecule has 1 aromatic carbocycles. The molecule has 0 amide bonds. The Hall–Kier alpha value is -2.14. The van der Waals surface area contributed by atoms with E-state index in [9.17, 15) is 9.59 Å². The molecular weight excluding hydrogens is 294 g/mol. The molecule has 0 N–H and O–H groups in total. The van der Waals surface area contributed by atoms with Gasteiger partial charge in [-0.25, -0.2) is 4.79 Å². The third-order valence-corrected chi connectivity index (χ3v) is 3.03. The summed E-state index contributed by atoms with van der Waals surface area (Å²) in [6.45, 7) is 7.38. The molecule has 1 rings (SSSR count). The van der Waals surface area contributed by atoms with Crippen molar-refractivity contribution >= 4 is 11.9 Å². The lowest BCUT2D eigenvalue weighted by Crippen LogP contribution is -2.32. The van der Waals surface area contributed by atoms with E-state index >= 15 is 0 Å². The van der Waals surface area contributed by atoms with E-state index in [1.54, 1.807) is 13.8 Å². The molecule has 5 nitrogen and oxygen atoms in total. The molecule has 23 heavy (non-hydrogen) atoms. The molecule has 0 radical (unpaired) electrons. The van der Waals surface area contributed by atoms with Crippen LogP contribution in [0.2, 0.25) is 0 Å². The second-order valence-corrected chi connectivity index (χ2v) is 5.18. The zero-order valence-corrected chi connectivity index (χ0v) is 14.1. The Kier molecular flexibility index (Phi) is 8.68. The maximum Gasteiger partial charge on any atom is 0.330 e. The van der Waals surface area contributed by atoms with Crippen LogP contribution in [0.5, 0.6) is 0 Å². The summed E-state index contributed by atoms with van der Waals surface area (Å²) in [7, 11) is 0. The summed E-state index contributed by atoms with van der Waals surface area (Å²) in [5.74, 6) is -0.631. The number of esters is 2. The molecule has 0 aromatic heterocycles. The largest absolute Gasteiger partial charge is 0.465 e. The first-order valence-corrected chi connectivity index (χ1v) is 7.81. The molecular formula is C18H25NO4. The molecule has 0 heterocycles. The van der Waals surface area contributed by atoms with Gasteiger partial charge in [0, 0.05) is 19.2 Å². The molecule has 0 aliphatic rings. The Labute approximate surface area is 137 Å². The van der Waals surface area contributed by atoms with Crippen LogP contribution in [0.1, 0.15) is 26.3 Å². The van der Waals surface area contributed by atoms with Crippen LogP contribution in [0.15, 0.2) is 42.0 Å². The van der Waals surface area contributed by atoms with Gasteiger partial charge in [0.05, 0.1) is 19.8 Å². The minimum Gasteiger partial charge on any atom is -0.465 e. The normalized spacial score (nSPS) is 11.4. The fourth-order valence-corrected chi connectivity index (χ4v) is 2.18. The highest BCUT2D eigenvalue weighted by Crippen LogP contribution is 2.08. The molecule has 0 saturated heterocycles. The number of ether oxygens (including phenoxy) is 2. The Balaban J connectivity index is 2.73. The van der Waals surface area contributed by atoms with Gasteiger partial charge in [-0.15, -0.1) is 0 Å².